The molecule has 0 radical (unpaired) electrons. The molecule has 0 heteroatoms. The zero-order valence-electron chi connectivity index (χ0n) is 12.4. The van der Waals surface area contributed by atoms with E-state index in [9.17, 15) is 0 Å². The van der Waals surface area contributed by atoms with E-state index in [4.69, 9.17) is 0 Å². The number of benzene rings is 1. The van der Waals surface area contributed by atoms with Crippen molar-refractivity contribution in [2.75, 3.05) is 0 Å². The molecule has 0 saturated carbocycles. The van der Waals surface area contributed by atoms with Crippen LogP contribution in [0.4, 0.5) is 0 Å². The molecule has 0 heterocycles. The van der Waals surface area contributed by atoms with Crippen molar-refractivity contribution in [3.63, 3.8) is 0 Å². The number of hydrogen-bond donors (Lipinski definition) is 0. The Kier molecular flexibility index (Phi) is 3.25. The maximum absolute atomic E-state index is 4.06. The SMILES string of the molecule is C=C/C(=C\C)C1(CC)C2=C(CCC=C2)c2ccccc21. The van der Waals surface area contributed by atoms with E-state index in [-0.39, 0.29) is 5.41 Å². The summed E-state index contributed by atoms with van der Waals surface area (Å²) in [5.74, 6) is 0. The van der Waals surface area contributed by atoms with Crippen molar-refractivity contribution in [2.45, 2.75) is 38.5 Å². The highest BCUT2D eigenvalue weighted by Gasteiger charge is 2.44. The van der Waals surface area contributed by atoms with Crippen LogP contribution in [0.25, 0.3) is 5.57 Å². The first-order valence-corrected chi connectivity index (χ1v) is 7.58. The summed E-state index contributed by atoms with van der Waals surface area (Å²) < 4.78 is 0. The fourth-order valence-corrected chi connectivity index (χ4v) is 4.04. The van der Waals surface area contributed by atoms with E-state index in [1.54, 1.807) is 5.57 Å². The molecule has 0 amide bonds. The highest BCUT2D eigenvalue weighted by Crippen LogP contribution is 2.55. The quantitative estimate of drug-likeness (QED) is 0.623. The molecule has 0 saturated heterocycles. The van der Waals surface area contributed by atoms with Crippen LogP contribution in [0, 0.1) is 0 Å². The maximum atomic E-state index is 4.06. The molecule has 102 valence electrons. The molecule has 2 aliphatic carbocycles. The normalized spacial score (nSPS) is 24.6. The van der Waals surface area contributed by atoms with Crippen LogP contribution in [-0.4, -0.2) is 0 Å². The Balaban J connectivity index is 2.36. The molecule has 1 atom stereocenters. The lowest BCUT2D eigenvalue weighted by Gasteiger charge is -2.34. The monoisotopic (exact) mass is 262 g/mol. The van der Waals surface area contributed by atoms with Gasteiger partial charge in [-0.2, -0.15) is 0 Å². The Morgan fingerprint density at radius 2 is 2.15 bits per heavy atom. The molecule has 1 unspecified atom stereocenters. The van der Waals surface area contributed by atoms with Crippen molar-refractivity contribution < 1.29 is 0 Å². The van der Waals surface area contributed by atoms with Gasteiger partial charge in [-0.3, -0.25) is 0 Å². The number of rotatable bonds is 3. The third-order valence-electron chi connectivity index (χ3n) is 4.90. The molecule has 0 fully saturated rings. The zero-order chi connectivity index (χ0) is 14.2. The predicted molar refractivity (Wildman–Crippen MR) is 87.7 cm³/mol. The standard InChI is InChI=1S/C20H22/c1-4-15(5-2)20(6-3)18-13-9-7-11-16(18)17-12-8-10-14-19(17)20/h4-5,7,9-11,13-14H,1,6,8,12H2,2-3H3/b15-5+. The van der Waals surface area contributed by atoms with Crippen LogP contribution < -0.4 is 0 Å². The van der Waals surface area contributed by atoms with E-state index in [0.29, 0.717) is 0 Å². The molecule has 0 spiro atoms. The average Bonchev–Trinajstić information content (AvgIpc) is 2.81. The van der Waals surface area contributed by atoms with Crippen molar-refractivity contribution in [1.29, 1.82) is 0 Å². The Morgan fingerprint density at radius 1 is 1.35 bits per heavy atom. The Hall–Kier alpha value is -1.82. The molecule has 20 heavy (non-hydrogen) atoms. The number of fused-ring (bicyclic) bond motifs is 2. The molecule has 0 aliphatic heterocycles. The summed E-state index contributed by atoms with van der Waals surface area (Å²) in [7, 11) is 0. The molecule has 2 aliphatic rings. The molecule has 1 aromatic carbocycles. The minimum absolute atomic E-state index is 0.0132. The van der Waals surface area contributed by atoms with Gasteiger partial charge in [0.2, 0.25) is 0 Å². The maximum Gasteiger partial charge on any atom is 0.0454 e. The highest BCUT2D eigenvalue weighted by atomic mass is 14.5. The van der Waals surface area contributed by atoms with Gasteiger partial charge in [0.25, 0.3) is 0 Å². The van der Waals surface area contributed by atoms with Crippen LogP contribution in [0.2, 0.25) is 0 Å². The van der Waals surface area contributed by atoms with E-state index in [1.807, 2.05) is 6.08 Å². The molecule has 0 aromatic heterocycles. The van der Waals surface area contributed by atoms with Crippen molar-refractivity contribution in [1.82, 2.24) is 0 Å². The van der Waals surface area contributed by atoms with Crippen LogP contribution in [0.3, 0.4) is 0 Å². The van der Waals surface area contributed by atoms with Gasteiger partial charge in [0.15, 0.2) is 0 Å². The van der Waals surface area contributed by atoms with E-state index in [0.717, 1.165) is 12.8 Å². The van der Waals surface area contributed by atoms with E-state index >= 15 is 0 Å². The first-order valence-electron chi connectivity index (χ1n) is 7.58. The van der Waals surface area contributed by atoms with E-state index in [2.05, 4.69) is 62.9 Å². The third-order valence-corrected chi connectivity index (χ3v) is 4.90. The second-order valence-electron chi connectivity index (χ2n) is 5.59. The second-order valence-corrected chi connectivity index (χ2v) is 5.59. The van der Waals surface area contributed by atoms with Gasteiger partial charge in [0.1, 0.15) is 0 Å². The topological polar surface area (TPSA) is 0 Å². The van der Waals surface area contributed by atoms with Gasteiger partial charge in [-0.15, -0.1) is 0 Å². The van der Waals surface area contributed by atoms with Gasteiger partial charge < -0.3 is 0 Å². The fourth-order valence-electron chi connectivity index (χ4n) is 4.04. The first-order chi connectivity index (χ1) is 9.79. The van der Waals surface area contributed by atoms with Crippen molar-refractivity contribution in [3.05, 3.63) is 77.4 Å². The Labute approximate surface area is 122 Å². The van der Waals surface area contributed by atoms with Crippen LogP contribution in [0.1, 0.15) is 44.2 Å². The Morgan fingerprint density at radius 3 is 2.85 bits per heavy atom. The van der Waals surface area contributed by atoms with Gasteiger partial charge in [0, 0.05) is 5.41 Å². The lowest BCUT2D eigenvalue weighted by Crippen LogP contribution is -2.27. The molecule has 0 bridgehead atoms. The minimum atomic E-state index is 0.0132. The summed E-state index contributed by atoms with van der Waals surface area (Å²) in [4.78, 5) is 0. The van der Waals surface area contributed by atoms with Gasteiger partial charge in [-0.05, 0) is 54.0 Å². The average molecular weight is 262 g/mol. The van der Waals surface area contributed by atoms with Crippen molar-refractivity contribution in [2.24, 2.45) is 0 Å². The third kappa shape index (κ3) is 1.54. The summed E-state index contributed by atoms with van der Waals surface area (Å²) in [5.41, 5.74) is 7.32. The molecule has 0 N–H and O–H groups in total. The lowest BCUT2D eigenvalue weighted by atomic mass is 9.68. The van der Waals surface area contributed by atoms with Gasteiger partial charge in [0.05, 0.1) is 0 Å². The summed E-state index contributed by atoms with van der Waals surface area (Å²) in [5, 5.41) is 0. The van der Waals surface area contributed by atoms with Crippen LogP contribution >= 0.6 is 0 Å². The minimum Gasteiger partial charge on any atom is -0.0988 e. The highest BCUT2D eigenvalue weighted by molar-refractivity contribution is 5.85. The lowest BCUT2D eigenvalue weighted by molar-refractivity contribution is 0.600. The van der Waals surface area contributed by atoms with Crippen LogP contribution in [0.15, 0.2) is 66.3 Å². The fraction of sp³-hybridized carbons (Fsp3) is 0.300. The van der Waals surface area contributed by atoms with Crippen LogP contribution in [-0.2, 0) is 5.41 Å². The smallest absolute Gasteiger partial charge is 0.0454 e. The van der Waals surface area contributed by atoms with Crippen molar-refractivity contribution in [3.8, 4) is 0 Å². The second kappa shape index (κ2) is 4.94. The summed E-state index contributed by atoms with van der Waals surface area (Å²) in [6.45, 7) is 8.49. The van der Waals surface area contributed by atoms with E-state index in [1.165, 1.54) is 28.7 Å². The molecule has 3 rings (SSSR count). The largest absolute Gasteiger partial charge is 0.0988 e. The molecule has 0 nitrogen and oxygen atoms in total. The van der Waals surface area contributed by atoms with Gasteiger partial charge in [-0.1, -0.05) is 62.1 Å². The molecule has 1 aromatic rings. The van der Waals surface area contributed by atoms with Crippen molar-refractivity contribution >= 4 is 5.57 Å². The summed E-state index contributed by atoms with van der Waals surface area (Å²) in [6.07, 6.45) is 12.4. The number of allylic oxidation sites excluding steroid dienone is 7. The van der Waals surface area contributed by atoms with Crippen LogP contribution in [0.5, 0.6) is 0 Å². The Bertz CT molecular complexity index is 640. The van der Waals surface area contributed by atoms with Gasteiger partial charge in [-0.25, -0.2) is 0 Å². The molecular formula is C20H22. The van der Waals surface area contributed by atoms with E-state index < -0.39 is 0 Å². The zero-order valence-corrected chi connectivity index (χ0v) is 12.4. The summed E-state index contributed by atoms with van der Waals surface area (Å²) in [6, 6.07) is 8.92. The number of hydrogen-bond acceptors (Lipinski definition) is 0. The predicted octanol–water partition coefficient (Wildman–Crippen LogP) is 5.58. The van der Waals surface area contributed by atoms with Gasteiger partial charge >= 0.3 is 0 Å². The summed E-state index contributed by atoms with van der Waals surface area (Å²) >= 11 is 0. The first kappa shape index (κ1) is 13.2. The molecular weight excluding hydrogens is 240 g/mol.